The van der Waals surface area contributed by atoms with E-state index in [1.807, 2.05) is 32.9 Å². The number of amides is 3. The zero-order valence-electron chi connectivity index (χ0n) is 15.8. The van der Waals surface area contributed by atoms with Crippen LogP contribution in [0.15, 0.2) is 48.5 Å². The van der Waals surface area contributed by atoms with Crippen molar-refractivity contribution in [3.8, 4) is 0 Å². The Morgan fingerprint density at radius 3 is 1.67 bits per heavy atom. The number of rotatable bonds is 7. The SMILES string of the molecule is Cc1ccc(C(=O)NCCNC(=O)c2ccc(NC(=O)C(C)C)cc2)cc1. The number of anilines is 1. The van der Waals surface area contributed by atoms with Crippen LogP contribution >= 0.6 is 0 Å². The fraction of sp³-hybridized carbons (Fsp3) is 0.286. The Balaban J connectivity index is 1.76. The molecule has 2 aromatic carbocycles. The van der Waals surface area contributed by atoms with Gasteiger partial charge in [-0.2, -0.15) is 0 Å². The lowest BCUT2D eigenvalue weighted by Crippen LogP contribution is -2.34. The summed E-state index contributed by atoms with van der Waals surface area (Å²) < 4.78 is 0. The zero-order chi connectivity index (χ0) is 19.8. The molecule has 0 bridgehead atoms. The van der Waals surface area contributed by atoms with Crippen LogP contribution in [-0.2, 0) is 4.79 Å². The lowest BCUT2D eigenvalue weighted by molar-refractivity contribution is -0.118. The molecule has 0 fully saturated rings. The molecule has 0 atom stereocenters. The standard InChI is InChI=1S/C21H25N3O3/c1-14(2)19(25)24-18-10-8-17(9-11-18)21(27)23-13-12-22-20(26)16-6-4-15(3)5-7-16/h4-11,14H,12-13H2,1-3H3,(H,22,26)(H,23,27)(H,24,25). The second kappa shape index (κ2) is 9.52. The summed E-state index contributed by atoms with van der Waals surface area (Å²) in [5, 5.41) is 8.29. The number of hydrogen-bond acceptors (Lipinski definition) is 3. The highest BCUT2D eigenvalue weighted by molar-refractivity contribution is 5.96. The van der Waals surface area contributed by atoms with Gasteiger partial charge in [-0.1, -0.05) is 31.5 Å². The molecule has 6 nitrogen and oxygen atoms in total. The average Bonchev–Trinajstić information content (AvgIpc) is 2.66. The number of hydrogen-bond donors (Lipinski definition) is 3. The Morgan fingerprint density at radius 2 is 1.22 bits per heavy atom. The van der Waals surface area contributed by atoms with E-state index in [9.17, 15) is 14.4 Å². The number of nitrogens with one attached hydrogen (secondary N) is 3. The van der Waals surface area contributed by atoms with Crippen molar-refractivity contribution in [2.75, 3.05) is 18.4 Å². The maximum absolute atomic E-state index is 12.1. The van der Waals surface area contributed by atoms with Crippen LogP contribution in [0.4, 0.5) is 5.69 Å². The normalized spacial score (nSPS) is 10.4. The molecule has 0 aromatic heterocycles. The largest absolute Gasteiger partial charge is 0.350 e. The second-order valence-electron chi connectivity index (χ2n) is 6.60. The summed E-state index contributed by atoms with van der Waals surface area (Å²) in [6.07, 6.45) is 0. The predicted molar refractivity (Wildman–Crippen MR) is 106 cm³/mol. The van der Waals surface area contributed by atoms with Gasteiger partial charge in [0.2, 0.25) is 5.91 Å². The van der Waals surface area contributed by atoms with E-state index in [2.05, 4.69) is 16.0 Å². The molecule has 0 aliphatic heterocycles. The van der Waals surface area contributed by atoms with Crippen molar-refractivity contribution in [1.29, 1.82) is 0 Å². The molecular weight excluding hydrogens is 342 g/mol. The Bertz CT molecular complexity index is 796. The first-order valence-electron chi connectivity index (χ1n) is 8.91. The van der Waals surface area contributed by atoms with Crippen molar-refractivity contribution in [3.05, 3.63) is 65.2 Å². The Morgan fingerprint density at radius 1 is 0.778 bits per heavy atom. The van der Waals surface area contributed by atoms with Crippen molar-refractivity contribution in [2.45, 2.75) is 20.8 Å². The number of carbonyl (C=O) groups is 3. The fourth-order valence-electron chi connectivity index (χ4n) is 2.25. The average molecular weight is 367 g/mol. The first kappa shape index (κ1) is 20.2. The van der Waals surface area contributed by atoms with Gasteiger partial charge in [-0.05, 0) is 43.3 Å². The van der Waals surface area contributed by atoms with Crippen molar-refractivity contribution in [3.63, 3.8) is 0 Å². The molecule has 0 radical (unpaired) electrons. The van der Waals surface area contributed by atoms with Crippen LogP contribution in [0.1, 0.15) is 40.1 Å². The number of aryl methyl sites for hydroxylation is 1. The highest BCUT2D eigenvalue weighted by Gasteiger charge is 2.09. The van der Waals surface area contributed by atoms with Crippen LogP contribution in [0.25, 0.3) is 0 Å². The maximum Gasteiger partial charge on any atom is 0.251 e. The molecule has 0 aliphatic carbocycles. The quantitative estimate of drug-likeness (QED) is 0.658. The van der Waals surface area contributed by atoms with E-state index in [1.54, 1.807) is 36.4 Å². The summed E-state index contributed by atoms with van der Waals surface area (Å²) >= 11 is 0. The fourth-order valence-corrected chi connectivity index (χ4v) is 2.25. The first-order chi connectivity index (χ1) is 12.9. The lowest BCUT2D eigenvalue weighted by Gasteiger charge is -2.09. The molecule has 2 aromatic rings. The molecule has 27 heavy (non-hydrogen) atoms. The molecule has 0 heterocycles. The van der Waals surface area contributed by atoms with Gasteiger partial charge in [-0.15, -0.1) is 0 Å². The van der Waals surface area contributed by atoms with E-state index >= 15 is 0 Å². The molecule has 3 N–H and O–H groups in total. The summed E-state index contributed by atoms with van der Waals surface area (Å²) in [5.74, 6) is -0.588. The highest BCUT2D eigenvalue weighted by atomic mass is 16.2. The van der Waals surface area contributed by atoms with Crippen LogP contribution in [0, 0.1) is 12.8 Å². The molecule has 0 unspecified atom stereocenters. The van der Waals surface area contributed by atoms with Crippen LogP contribution in [0.5, 0.6) is 0 Å². The van der Waals surface area contributed by atoms with Crippen molar-refractivity contribution in [1.82, 2.24) is 10.6 Å². The first-order valence-corrected chi connectivity index (χ1v) is 8.91. The molecular formula is C21H25N3O3. The Hall–Kier alpha value is -3.15. The van der Waals surface area contributed by atoms with Gasteiger partial charge in [-0.25, -0.2) is 0 Å². The van der Waals surface area contributed by atoms with E-state index in [0.717, 1.165) is 5.56 Å². The molecule has 6 heteroatoms. The molecule has 0 spiro atoms. The van der Waals surface area contributed by atoms with Gasteiger partial charge in [0.05, 0.1) is 0 Å². The third-order valence-corrected chi connectivity index (χ3v) is 3.95. The minimum absolute atomic E-state index is 0.0727. The smallest absolute Gasteiger partial charge is 0.251 e. The van der Waals surface area contributed by atoms with Crippen LogP contribution in [-0.4, -0.2) is 30.8 Å². The predicted octanol–water partition coefficient (Wildman–Crippen LogP) is 2.75. The van der Waals surface area contributed by atoms with E-state index < -0.39 is 0 Å². The van der Waals surface area contributed by atoms with E-state index in [1.165, 1.54) is 0 Å². The summed E-state index contributed by atoms with van der Waals surface area (Å²) in [5.41, 5.74) is 2.82. The van der Waals surface area contributed by atoms with Gasteiger partial charge in [0, 0.05) is 35.8 Å². The summed E-state index contributed by atoms with van der Waals surface area (Å²) in [4.78, 5) is 35.8. The molecule has 0 saturated carbocycles. The molecule has 0 saturated heterocycles. The number of benzene rings is 2. The number of carbonyl (C=O) groups excluding carboxylic acids is 3. The van der Waals surface area contributed by atoms with Gasteiger partial charge < -0.3 is 16.0 Å². The van der Waals surface area contributed by atoms with Crippen LogP contribution in [0.3, 0.4) is 0 Å². The molecule has 3 amide bonds. The summed E-state index contributed by atoms with van der Waals surface area (Å²) in [7, 11) is 0. The third kappa shape index (κ3) is 6.26. The molecule has 2 rings (SSSR count). The van der Waals surface area contributed by atoms with Gasteiger partial charge in [-0.3, -0.25) is 14.4 Å². The maximum atomic E-state index is 12.1. The van der Waals surface area contributed by atoms with E-state index in [4.69, 9.17) is 0 Å². The second-order valence-corrected chi connectivity index (χ2v) is 6.60. The van der Waals surface area contributed by atoms with Crippen LogP contribution in [0.2, 0.25) is 0 Å². The summed E-state index contributed by atoms with van der Waals surface area (Å²) in [6.45, 7) is 6.24. The molecule has 142 valence electrons. The lowest BCUT2D eigenvalue weighted by atomic mass is 10.1. The highest BCUT2D eigenvalue weighted by Crippen LogP contribution is 2.11. The minimum Gasteiger partial charge on any atom is -0.350 e. The van der Waals surface area contributed by atoms with E-state index in [-0.39, 0.29) is 23.6 Å². The molecule has 0 aliphatic rings. The summed E-state index contributed by atoms with van der Waals surface area (Å²) in [6, 6.07) is 14.0. The van der Waals surface area contributed by atoms with E-state index in [0.29, 0.717) is 29.9 Å². The van der Waals surface area contributed by atoms with Gasteiger partial charge >= 0.3 is 0 Å². The topological polar surface area (TPSA) is 87.3 Å². The zero-order valence-corrected chi connectivity index (χ0v) is 15.8. The van der Waals surface area contributed by atoms with Gasteiger partial charge in [0.1, 0.15) is 0 Å². The van der Waals surface area contributed by atoms with Gasteiger partial charge in [0.15, 0.2) is 0 Å². The van der Waals surface area contributed by atoms with Gasteiger partial charge in [0.25, 0.3) is 11.8 Å². The minimum atomic E-state index is -0.235. The van der Waals surface area contributed by atoms with Crippen molar-refractivity contribution < 1.29 is 14.4 Å². The van der Waals surface area contributed by atoms with Crippen molar-refractivity contribution in [2.24, 2.45) is 5.92 Å². The van der Waals surface area contributed by atoms with Crippen LogP contribution < -0.4 is 16.0 Å². The Labute approximate surface area is 159 Å². The monoisotopic (exact) mass is 367 g/mol. The third-order valence-electron chi connectivity index (χ3n) is 3.95. The Kier molecular flexibility index (Phi) is 7.11. The van der Waals surface area contributed by atoms with Crippen molar-refractivity contribution >= 4 is 23.4 Å².